The summed E-state index contributed by atoms with van der Waals surface area (Å²) < 4.78 is 5.87. The van der Waals surface area contributed by atoms with Crippen LogP contribution in [0.2, 0.25) is 5.02 Å². The van der Waals surface area contributed by atoms with Crippen molar-refractivity contribution < 1.29 is 4.74 Å². The molecule has 2 aromatic rings. The van der Waals surface area contributed by atoms with Gasteiger partial charge in [0.1, 0.15) is 0 Å². The van der Waals surface area contributed by atoms with Crippen LogP contribution < -0.4 is 15.4 Å². The number of hydrogen-bond acceptors (Lipinski definition) is 5. The molecule has 106 valence electrons. The fourth-order valence-electron chi connectivity index (χ4n) is 1.71. The maximum Gasteiger partial charge on any atom is 0.232 e. The molecule has 1 heterocycles. The fraction of sp³-hybridized carbons (Fsp3) is 0.231. The first-order chi connectivity index (χ1) is 9.51. The van der Waals surface area contributed by atoms with Gasteiger partial charge in [-0.3, -0.25) is 0 Å². The molecule has 1 aromatic heterocycles. The zero-order valence-electron chi connectivity index (χ0n) is 11.1. The van der Waals surface area contributed by atoms with Crippen LogP contribution in [0.3, 0.4) is 0 Å². The number of nitrogens with zero attached hydrogens (tertiary/aromatic N) is 3. The smallest absolute Gasteiger partial charge is 0.232 e. The Balaban J connectivity index is 2.23. The Labute approximate surface area is 130 Å². The highest BCUT2D eigenvalue weighted by molar-refractivity contribution is 9.10. The predicted octanol–water partition coefficient (Wildman–Crippen LogP) is 3.12. The summed E-state index contributed by atoms with van der Waals surface area (Å²) >= 11 is 9.48. The van der Waals surface area contributed by atoms with Gasteiger partial charge >= 0.3 is 0 Å². The summed E-state index contributed by atoms with van der Waals surface area (Å²) in [5.41, 5.74) is 7.36. The van der Waals surface area contributed by atoms with Gasteiger partial charge in [0, 0.05) is 24.3 Å². The SMILES string of the molecule is COc1nc(N(C)Cc2cc(N)ccc2Cl)ncc1Br. The second kappa shape index (κ2) is 6.28. The third kappa shape index (κ3) is 3.32. The van der Waals surface area contributed by atoms with E-state index < -0.39 is 0 Å². The van der Waals surface area contributed by atoms with Gasteiger partial charge < -0.3 is 15.4 Å². The van der Waals surface area contributed by atoms with Gasteiger partial charge in [-0.05, 0) is 39.7 Å². The highest BCUT2D eigenvalue weighted by Gasteiger charge is 2.11. The van der Waals surface area contributed by atoms with Crippen LogP contribution in [0.15, 0.2) is 28.9 Å². The van der Waals surface area contributed by atoms with Crippen molar-refractivity contribution >= 4 is 39.2 Å². The summed E-state index contributed by atoms with van der Waals surface area (Å²) in [5.74, 6) is 1.03. The first kappa shape index (κ1) is 14.9. The summed E-state index contributed by atoms with van der Waals surface area (Å²) in [5, 5.41) is 0.662. The van der Waals surface area contributed by atoms with E-state index in [0.29, 0.717) is 33.6 Å². The highest BCUT2D eigenvalue weighted by Crippen LogP contribution is 2.25. The standard InChI is InChI=1S/C13H14BrClN4O/c1-19(7-8-5-9(16)3-4-11(8)15)13-17-6-10(14)12(18-13)20-2/h3-6H,7,16H2,1-2H3. The normalized spacial score (nSPS) is 10.4. The van der Waals surface area contributed by atoms with Crippen LogP contribution in [0.25, 0.3) is 0 Å². The lowest BCUT2D eigenvalue weighted by atomic mass is 10.2. The van der Waals surface area contributed by atoms with Crippen molar-refractivity contribution in [2.75, 3.05) is 24.8 Å². The molecule has 0 aliphatic heterocycles. The van der Waals surface area contributed by atoms with Crippen molar-refractivity contribution in [1.82, 2.24) is 9.97 Å². The van der Waals surface area contributed by atoms with Gasteiger partial charge in [-0.25, -0.2) is 4.98 Å². The lowest BCUT2D eigenvalue weighted by molar-refractivity contribution is 0.394. The average molecular weight is 358 g/mol. The van der Waals surface area contributed by atoms with Crippen LogP contribution in [0, 0.1) is 0 Å². The summed E-state index contributed by atoms with van der Waals surface area (Å²) in [6.07, 6.45) is 1.65. The predicted molar refractivity (Wildman–Crippen MR) is 84.3 cm³/mol. The molecule has 0 radical (unpaired) electrons. The number of halogens is 2. The Morgan fingerprint density at radius 1 is 1.45 bits per heavy atom. The molecule has 20 heavy (non-hydrogen) atoms. The number of ether oxygens (including phenoxy) is 1. The van der Waals surface area contributed by atoms with Crippen molar-refractivity contribution in [2.45, 2.75) is 6.54 Å². The maximum absolute atomic E-state index is 6.16. The van der Waals surface area contributed by atoms with Crippen molar-refractivity contribution in [2.24, 2.45) is 0 Å². The first-order valence-electron chi connectivity index (χ1n) is 5.83. The molecule has 0 fully saturated rings. The van der Waals surface area contributed by atoms with Gasteiger partial charge in [-0.1, -0.05) is 11.6 Å². The van der Waals surface area contributed by atoms with Gasteiger partial charge in [0.15, 0.2) is 0 Å². The highest BCUT2D eigenvalue weighted by atomic mass is 79.9. The monoisotopic (exact) mass is 356 g/mol. The molecule has 2 rings (SSSR count). The quantitative estimate of drug-likeness (QED) is 0.852. The number of rotatable bonds is 4. The third-order valence-corrected chi connectivity index (χ3v) is 3.62. The van der Waals surface area contributed by atoms with Crippen LogP contribution >= 0.6 is 27.5 Å². The van der Waals surface area contributed by atoms with E-state index in [2.05, 4.69) is 25.9 Å². The molecule has 1 aromatic carbocycles. The van der Waals surface area contributed by atoms with E-state index in [-0.39, 0.29) is 0 Å². The van der Waals surface area contributed by atoms with Crippen LogP contribution in [-0.4, -0.2) is 24.1 Å². The Morgan fingerprint density at radius 3 is 2.90 bits per heavy atom. The van der Waals surface area contributed by atoms with Crippen molar-refractivity contribution in [3.8, 4) is 5.88 Å². The van der Waals surface area contributed by atoms with Gasteiger partial charge in [0.25, 0.3) is 0 Å². The third-order valence-electron chi connectivity index (χ3n) is 2.71. The Kier molecular flexibility index (Phi) is 4.67. The topological polar surface area (TPSA) is 64.3 Å². The molecule has 0 spiro atoms. The summed E-state index contributed by atoms with van der Waals surface area (Å²) in [6.45, 7) is 0.550. The van der Waals surface area contributed by atoms with Crippen LogP contribution in [0.4, 0.5) is 11.6 Å². The van der Waals surface area contributed by atoms with Gasteiger partial charge in [0.2, 0.25) is 11.8 Å². The number of nitrogen functional groups attached to an aromatic ring is 1. The number of hydrogen-bond donors (Lipinski definition) is 1. The van der Waals surface area contributed by atoms with Gasteiger partial charge in [0.05, 0.1) is 17.8 Å². The number of benzene rings is 1. The molecule has 0 saturated heterocycles. The molecule has 2 N–H and O–H groups in total. The Morgan fingerprint density at radius 2 is 2.20 bits per heavy atom. The first-order valence-corrected chi connectivity index (χ1v) is 7.00. The molecule has 0 saturated carbocycles. The van der Waals surface area contributed by atoms with Crippen molar-refractivity contribution in [3.63, 3.8) is 0 Å². The minimum absolute atomic E-state index is 0.487. The van der Waals surface area contributed by atoms with Gasteiger partial charge in [-0.15, -0.1) is 0 Å². The number of anilines is 2. The van der Waals surface area contributed by atoms with E-state index in [4.69, 9.17) is 22.1 Å². The van der Waals surface area contributed by atoms with E-state index >= 15 is 0 Å². The second-order valence-corrected chi connectivity index (χ2v) is 5.50. The number of methoxy groups -OCH3 is 1. The Bertz CT molecular complexity index is 623. The van der Waals surface area contributed by atoms with Crippen LogP contribution in [0.1, 0.15) is 5.56 Å². The van der Waals surface area contributed by atoms with Crippen molar-refractivity contribution in [1.29, 1.82) is 0 Å². The summed E-state index contributed by atoms with van der Waals surface area (Å²) in [7, 11) is 3.44. The zero-order chi connectivity index (χ0) is 14.7. The largest absolute Gasteiger partial charge is 0.480 e. The van der Waals surface area contributed by atoms with E-state index in [9.17, 15) is 0 Å². The van der Waals surface area contributed by atoms with E-state index in [1.807, 2.05) is 18.0 Å². The van der Waals surface area contributed by atoms with Gasteiger partial charge in [-0.2, -0.15) is 4.98 Å². The lowest BCUT2D eigenvalue weighted by Crippen LogP contribution is -2.19. The Hall–Kier alpha value is -1.53. The molecule has 0 amide bonds. The zero-order valence-corrected chi connectivity index (χ0v) is 13.4. The average Bonchev–Trinajstić information content (AvgIpc) is 2.43. The van der Waals surface area contributed by atoms with Crippen molar-refractivity contribution in [3.05, 3.63) is 39.5 Å². The van der Waals surface area contributed by atoms with E-state index in [0.717, 1.165) is 5.56 Å². The minimum atomic E-state index is 0.487. The molecule has 0 bridgehead atoms. The molecular formula is C13H14BrClN4O. The summed E-state index contributed by atoms with van der Waals surface area (Å²) in [6, 6.07) is 5.39. The molecular weight excluding hydrogens is 344 g/mol. The molecule has 0 aliphatic rings. The molecule has 0 atom stereocenters. The summed E-state index contributed by atoms with van der Waals surface area (Å²) in [4.78, 5) is 10.4. The molecule has 7 heteroatoms. The molecule has 5 nitrogen and oxygen atoms in total. The maximum atomic E-state index is 6.16. The van der Waals surface area contributed by atoms with Crippen LogP contribution in [0.5, 0.6) is 5.88 Å². The lowest BCUT2D eigenvalue weighted by Gasteiger charge is -2.18. The minimum Gasteiger partial charge on any atom is -0.480 e. The van der Waals surface area contributed by atoms with Crippen LogP contribution in [-0.2, 0) is 6.54 Å². The molecule has 0 aliphatic carbocycles. The number of nitrogens with two attached hydrogens (primary N) is 1. The van der Waals surface area contributed by atoms with E-state index in [1.54, 1.807) is 25.4 Å². The second-order valence-electron chi connectivity index (χ2n) is 4.23. The fourth-order valence-corrected chi connectivity index (χ4v) is 2.24. The molecule has 0 unspecified atom stereocenters. The number of aromatic nitrogens is 2. The van der Waals surface area contributed by atoms with E-state index in [1.165, 1.54) is 0 Å².